The second-order valence-corrected chi connectivity index (χ2v) is 8.54. The van der Waals surface area contributed by atoms with Crippen LogP contribution in [0.4, 0.5) is 5.69 Å². The fourth-order valence-corrected chi connectivity index (χ4v) is 4.35. The zero-order chi connectivity index (χ0) is 22.3. The predicted octanol–water partition coefficient (Wildman–Crippen LogP) is 4.29. The number of rotatable bonds is 8. The molecule has 0 atom stereocenters. The summed E-state index contributed by atoms with van der Waals surface area (Å²) >= 11 is 1.69. The zero-order valence-corrected chi connectivity index (χ0v) is 18.6. The minimum Gasteiger partial charge on any atom is -0.324 e. The van der Waals surface area contributed by atoms with Crippen LogP contribution in [-0.2, 0) is 17.1 Å². The number of fused-ring (bicyclic) bond motifs is 1. The number of hydrogen-bond acceptors (Lipinski definition) is 5. The van der Waals surface area contributed by atoms with Crippen LogP contribution in [0.2, 0.25) is 0 Å². The Bertz CT molecular complexity index is 1270. The second-order valence-electron chi connectivity index (χ2n) is 7.52. The van der Waals surface area contributed by atoms with Gasteiger partial charge < -0.3 is 10.3 Å². The molecule has 1 heterocycles. The molecule has 0 unspecified atom stereocenters. The standard InChI is InChI=1S/C25H24N4O2S/c1-29(15-23-26-20-12-6-5-11-19(20)25(31)28-23)16-24(30)27-21-13-7-8-14-22(21)32-17-18-9-3-2-4-10-18/h2-14H,15-17H2,1H3,(H,27,30)(H,26,28,31). The maximum Gasteiger partial charge on any atom is 0.258 e. The Morgan fingerprint density at radius 1 is 1.00 bits per heavy atom. The lowest BCUT2D eigenvalue weighted by molar-refractivity contribution is -0.117. The van der Waals surface area contributed by atoms with E-state index in [1.165, 1.54) is 5.56 Å². The van der Waals surface area contributed by atoms with Crippen LogP contribution in [0, 0.1) is 0 Å². The molecule has 3 aromatic carbocycles. The molecule has 6 nitrogen and oxygen atoms in total. The molecular weight excluding hydrogens is 420 g/mol. The molecule has 1 amide bonds. The number of nitrogens with one attached hydrogen (secondary N) is 2. The first-order valence-corrected chi connectivity index (χ1v) is 11.3. The molecular formula is C25H24N4O2S. The molecule has 32 heavy (non-hydrogen) atoms. The Balaban J connectivity index is 1.37. The number of aromatic nitrogens is 2. The van der Waals surface area contributed by atoms with Crippen molar-refractivity contribution >= 4 is 34.3 Å². The van der Waals surface area contributed by atoms with Crippen molar-refractivity contribution in [2.45, 2.75) is 17.2 Å². The van der Waals surface area contributed by atoms with Crippen LogP contribution in [0.3, 0.4) is 0 Å². The molecule has 0 bridgehead atoms. The summed E-state index contributed by atoms with van der Waals surface area (Å²) in [5.74, 6) is 1.24. The van der Waals surface area contributed by atoms with Crippen molar-refractivity contribution < 1.29 is 4.79 Å². The second kappa shape index (κ2) is 10.3. The number of aromatic amines is 1. The number of likely N-dealkylation sites (N-methyl/N-ethyl adjacent to an activating group) is 1. The Hall–Kier alpha value is -3.42. The fourth-order valence-electron chi connectivity index (χ4n) is 3.39. The van der Waals surface area contributed by atoms with Crippen LogP contribution < -0.4 is 10.9 Å². The maximum atomic E-state index is 12.7. The zero-order valence-electron chi connectivity index (χ0n) is 17.7. The van der Waals surface area contributed by atoms with Gasteiger partial charge in [0.1, 0.15) is 5.82 Å². The van der Waals surface area contributed by atoms with E-state index < -0.39 is 0 Å². The molecule has 0 saturated heterocycles. The summed E-state index contributed by atoms with van der Waals surface area (Å²) in [4.78, 5) is 35.1. The topological polar surface area (TPSA) is 78.1 Å². The largest absolute Gasteiger partial charge is 0.324 e. The highest BCUT2D eigenvalue weighted by atomic mass is 32.2. The third kappa shape index (κ3) is 5.63. The normalized spacial score (nSPS) is 11.1. The smallest absolute Gasteiger partial charge is 0.258 e. The summed E-state index contributed by atoms with van der Waals surface area (Å²) in [5.41, 5.74) is 2.50. The van der Waals surface area contributed by atoms with Crippen LogP contribution in [0.15, 0.2) is 88.6 Å². The third-order valence-electron chi connectivity index (χ3n) is 4.89. The molecule has 0 fully saturated rings. The van der Waals surface area contributed by atoms with Crippen molar-refractivity contribution in [3.8, 4) is 0 Å². The van der Waals surface area contributed by atoms with E-state index in [4.69, 9.17) is 0 Å². The van der Waals surface area contributed by atoms with Gasteiger partial charge in [-0.1, -0.05) is 54.6 Å². The van der Waals surface area contributed by atoms with Crippen molar-refractivity contribution in [3.05, 3.63) is 101 Å². The lowest BCUT2D eigenvalue weighted by Crippen LogP contribution is -2.31. The van der Waals surface area contributed by atoms with E-state index in [0.29, 0.717) is 23.3 Å². The van der Waals surface area contributed by atoms with E-state index in [0.717, 1.165) is 16.3 Å². The molecule has 0 aliphatic rings. The quantitative estimate of drug-likeness (QED) is 0.397. The molecule has 162 valence electrons. The van der Waals surface area contributed by atoms with Gasteiger partial charge in [0.05, 0.1) is 29.7 Å². The van der Waals surface area contributed by atoms with Crippen LogP contribution in [-0.4, -0.2) is 34.4 Å². The van der Waals surface area contributed by atoms with E-state index in [1.54, 1.807) is 17.8 Å². The number of hydrogen-bond donors (Lipinski definition) is 2. The van der Waals surface area contributed by atoms with Gasteiger partial charge in [-0.25, -0.2) is 4.98 Å². The highest BCUT2D eigenvalue weighted by Gasteiger charge is 2.12. The van der Waals surface area contributed by atoms with Crippen LogP contribution >= 0.6 is 11.8 Å². The Kier molecular flexibility index (Phi) is 6.99. The van der Waals surface area contributed by atoms with Gasteiger partial charge in [0.25, 0.3) is 5.56 Å². The molecule has 7 heteroatoms. The molecule has 4 aromatic rings. The van der Waals surface area contributed by atoms with Gasteiger partial charge in [0, 0.05) is 10.6 Å². The number of para-hydroxylation sites is 2. The van der Waals surface area contributed by atoms with Gasteiger partial charge in [0.15, 0.2) is 0 Å². The van der Waals surface area contributed by atoms with Crippen LogP contribution in [0.1, 0.15) is 11.4 Å². The van der Waals surface area contributed by atoms with Crippen LogP contribution in [0.5, 0.6) is 0 Å². The molecule has 2 N–H and O–H groups in total. The number of carbonyl (C=O) groups is 1. The number of H-pyrrole nitrogens is 1. The highest BCUT2D eigenvalue weighted by Crippen LogP contribution is 2.29. The van der Waals surface area contributed by atoms with E-state index in [9.17, 15) is 9.59 Å². The fraction of sp³-hybridized carbons (Fsp3) is 0.160. The third-order valence-corrected chi connectivity index (χ3v) is 6.04. The van der Waals surface area contributed by atoms with Gasteiger partial charge in [-0.15, -0.1) is 11.8 Å². The first kappa shape index (κ1) is 21.8. The summed E-state index contributed by atoms with van der Waals surface area (Å²) in [5, 5.41) is 3.57. The minimum atomic E-state index is -0.173. The van der Waals surface area contributed by atoms with E-state index in [-0.39, 0.29) is 18.0 Å². The van der Waals surface area contributed by atoms with Crippen molar-refractivity contribution in [1.29, 1.82) is 0 Å². The molecule has 4 rings (SSSR count). The van der Waals surface area contributed by atoms with Gasteiger partial charge in [0.2, 0.25) is 5.91 Å². The number of anilines is 1. The van der Waals surface area contributed by atoms with Gasteiger partial charge in [-0.05, 0) is 36.9 Å². The van der Waals surface area contributed by atoms with Gasteiger partial charge >= 0.3 is 0 Å². The van der Waals surface area contributed by atoms with E-state index in [1.807, 2.05) is 72.6 Å². The summed E-state index contributed by atoms with van der Waals surface area (Å²) in [6, 6.07) is 25.3. The Labute approximate surface area is 190 Å². The molecule has 0 radical (unpaired) electrons. The monoisotopic (exact) mass is 444 g/mol. The first-order chi connectivity index (χ1) is 15.6. The number of thioether (sulfide) groups is 1. The Morgan fingerprint density at radius 2 is 1.72 bits per heavy atom. The number of nitrogens with zero attached hydrogens (tertiary/aromatic N) is 2. The SMILES string of the molecule is CN(CC(=O)Nc1ccccc1SCc1ccccc1)Cc1nc2ccccc2c(=O)[nH]1. The van der Waals surface area contributed by atoms with Crippen LogP contribution in [0.25, 0.3) is 10.9 Å². The Morgan fingerprint density at radius 3 is 2.56 bits per heavy atom. The summed E-state index contributed by atoms with van der Waals surface area (Å²) in [6.07, 6.45) is 0. The first-order valence-electron chi connectivity index (χ1n) is 10.3. The average Bonchev–Trinajstić information content (AvgIpc) is 2.79. The maximum absolute atomic E-state index is 12.7. The van der Waals surface area contributed by atoms with Crippen molar-refractivity contribution in [3.63, 3.8) is 0 Å². The molecule has 0 aliphatic heterocycles. The minimum absolute atomic E-state index is 0.122. The summed E-state index contributed by atoms with van der Waals surface area (Å²) in [7, 11) is 1.82. The van der Waals surface area contributed by atoms with Crippen molar-refractivity contribution in [2.75, 3.05) is 18.9 Å². The van der Waals surface area contributed by atoms with Crippen molar-refractivity contribution in [2.24, 2.45) is 0 Å². The number of carbonyl (C=O) groups excluding carboxylic acids is 1. The summed E-state index contributed by atoms with van der Waals surface area (Å²) < 4.78 is 0. The predicted molar refractivity (Wildman–Crippen MR) is 130 cm³/mol. The molecule has 1 aromatic heterocycles. The van der Waals surface area contributed by atoms with Gasteiger partial charge in [-0.2, -0.15) is 0 Å². The molecule has 0 aliphatic carbocycles. The average molecular weight is 445 g/mol. The highest BCUT2D eigenvalue weighted by molar-refractivity contribution is 7.98. The lowest BCUT2D eigenvalue weighted by Gasteiger charge is -2.17. The molecule has 0 saturated carbocycles. The summed E-state index contributed by atoms with van der Waals surface area (Å²) in [6.45, 7) is 0.534. The van der Waals surface area contributed by atoms with Crippen molar-refractivity contribution in [1.82, 2.24) is 14.9 Å². The number of benzene rings is 3. The van der Waals surface area contributed by atoms with E-state index in [2.05, 4.69) is 27.4 Å². The van der Waals surface area contributed by atoms with Gasteiger partial charge in [-0.3, -0.25) is 14.5 Å². The van der Waals surface area contributed by atoms with E-state index >= 15 is 0 Å². The lowest BCUT2D eigenvalue weighted by atomic mass is 10.2. The molecule has 0 spiro atoms. The number of amides is 1.